The molecule has 1 heterocycles. The second kappa shape index (κ2) is 9.06. The first-order chi connectivity index (χ1) is 16.2. The number of hydrogen-bond acceptors (Lipinski definition) is 6. The number of benzene rings is 3. The second-order valence-electron chi connectivity index (χ2n) is 7.78. The predicted molar refractivity (Wildman–Crippen MR) is 124 cm³/mol. The van der Waals surface area contributed by atoms with E-state index >= 15 is 0 Å². The molecule has 0 aliphatic carbocycles. The first-order valence-corrected chi connectivity index (χ1v) is 11.8. The van der Waals surface area contributed by atoms with Gasteiger partial charge in [-0.25, -0.2) is 13.2 Å². The number of carbonyl (C=O) groups is 2. The molecule has 0 spiro atoms. The Labute approximate surface area is 196 Å². The Morgan fingerprint density at radius 1 is 1.03 bits per heavy atom. The van der Waals surface area contributed by atoms with Crippen LogP contribution in [0.25, 0.3) is 0 Å². The normalized spacial score (nSPS) is 13.1. The number of carbonyl (C=O) groups excluding carboxylic acids is 1. The van der Waals surface area contributed by atoms with E-state index in [-0.39, 0.29) is 34.2 Å². The van der Waals surface area contributed by atoms with Crippen LogP contribution in [0.2, 0.25) is 0 Å². The van der Waals surface area contributed by atoms with Crippen LogP contribution in [0.15, 0.2) is 65.6 Å². The SMILES string of the molecule is COc1ccc(C(=O)N2CCc3ccc(NS(=O)(=O)c4cccc(C(=O)O)c4)cc3C2)c(O)c1. The summed E-state index contributed by atoms with van der Waals surface area (Å²) in [6, 6.07) is 14.6. The quantitative estimate of drug-likeness (QED) is 0.492. The number of aromatic carboxylic acids is 1. The van der Waals surface area contributed by atoms with E-state index in [9.17, 15) is 23.1 Å². The summed E-state index contributed by atoms with van der Waals surface area (Å²) in [6.07, 6.45) is 0.575. The lowest BCUT2D eigenvalue weighted by molar-refractivity contribution is 0.0694. The van der Waals surface area contributed by atoms with Gasteiger partial charge >= 0.3 is 5.97 Å². The van der Waals surface area contributed by atoms with E-state index in [1.54, 1.807) is 29.2 Å². The Morgan fingerprint density at radius 3 is 2.53 bits per heavy atom. The molecule has 34 heavy (non-hydrogen) atoms. The molecule has 176 valence electrons. The third kappa shape index (κ3) is 4.67. The number of hydrogen-bond donors (Lipinski definition) is 3. The van der Waals surface area contributed by atoms with Crippen molar-refractivity contribution >= 4 is 27.6 Å². The minimum atomic E-state index is -4.02. The molecule has 3 aromatic carbocycles. The molecular weight excluding hydrogens is 460 g/mol. The lowest BCUT2D eigenvalue weighted by Gasteiger charge is -2.29. The minimum absolute atomic E-state index is 0.135. The van der Waals surface area contributed by atoms with Crippen LogP contribution in [0, 0.1) is 0 Å². The summed E-state index contributed by atoms with van der Waals surface area (Å²) in [4.78, 5) is 25.6. The minimum Gasteiger partial charge on any atom is -0.507 e. The zero-order chi connectivity index (χ0) is 24.5. The molecular formula is C24H22N2O7S. The summed E-state index contributed by atoms with van der Waals surface area (Å²) in [6.45, 7) is 0.689. The summed E-state index contributed by atoms with van der Waals surface area (Å²) in [5.41, 5.74) is 2.07. The van der Waals surface area contributed by atoms with Crippen molar-refractivity contribution in [2.24, 2.45) is 0 Å². The van der Waals surface area contributed by atoms with Gasteiger partial charge in [0.15, 0.2) is 0 Å². The molecule has 10 heteroatoms. The number of rotatable bonds is 6. The van der Waals surface area contributed by atoms with Gasteiger partial charge in [0.1, 0.15) is 11.5 Å². The molecule has 0 saturated heterocycles. The van der Waals surface area contributed by atoms with Gasteiger partial charge in [-0.15, -0.1) is 0 Å². The van der Waals surface area contributed by atoms with Crippen LogP contribution in [0.3, 0.4) is 0 Å². The highest BCUT2D eigenvalue weighted by atomic mass is 32.2. The lowest BCUT2D eigenvalue weighted by atomic mass is 9.98. The van der Waals surface area contributed by atoms with E-state index in [0.717, 1.165) is 17.2 Å². The zero-order valence-corrected chi connectivity index (χ0v) is 19.0. The molecule has 0 saturated carbocycles. The highest BCUT2D eigenvalue weighted by Crippen LogP contribution is 2.29. The van der Waals surface area contributed by atoms with Gasteiger partial charge in [0.25, 0.3) is 15.9 Å². The van der Waals surface area contributed by atoms with E-state index in [2.05, 4.69) is 4.72 Å². The third-order valence-corrected chi connectivity index (χ3v) is 6.96. The number of amides is 1. The second-order valence-corrected chi connectivity index (χ2v) is 9.46. The van der Waals surface area contributed by atoms with E-state index in [0.29, 0.717) is 24.4 Å². The van der Waals surface area contributed by atoms with Crippen LogP contribution in [0.5, 0.6) is 11.5 Å². The van der Waals surface area contributed by atoms with Crippen molar-refractivity contribution < 1.29 is 33.0 Å². The average Bonchev–Trinajstić information content (AvgIpc) is 2.83. The number of fused-ring (bicyclic) bond motifs is 1. The largest absolute Gasteiger partial charge is 0.507 e. The van der Waals surface area contributed by atoms with Gasteiger partial charge in [0.05, 0.1) is 23.1 Å². The number of carboxylic acids is 1. The van der Waals surface area contributed by atoms with Crippen molar-refractivity contribution in [2.75, 3.05) is 18.4 Å². The topological polar surface area (TPSA) is 133 Å². The number of sulfonamides is 1. The fourth-order valence-electron chi connectivity index (χ4n) is 3.79. The van der Waals surface area contributed by atoms with E-state index in [4.69, 9.17) is 9.84 Å². The monoisotopic (exact) mass is 482 g/mol. The van der Waals surface area contributed by atoms with Gasteiger partial charge < -0.3 is 19.8 Å². The number of nitrogens with one attached hydrogen (secondary N) is 1. The van der Waals surface area contributed by atoms with Crippen molar-refractivity contribution in [2.45, 2.75) is 17.9 Å². The summed E-state index contributed by atoms with van der Waals surface area (Å²) >= 11 is 0. The summed E-state index contributed by atoms with van der Waals surface area (Å²) < 4.78 is 33.1. The molecule has 9 nitrogen and oxygen atoms in total. The third-order valence-electron chi connectivity index (χ3n) is 5.58. The van der Waals surface area contributed by atoms with Gasteiger partial charge in [-0.1, -0.05) is 12.1 Å². The molecule has 3 N–H and O–H groups in total. The molecule has 0 unspecified atom stereocenters. The maximum absolute atomic E-state index is 13.0. The standard InChI is InChI=1S/C24H22N2O7S/c1-33-19-7-8-21(22(27)13-19)23(28)26-10-9-15-5-6-18(11-17(15)14-26)25-34(31,32)20-4-2-3-16(12-20)24(29)30/h2-8,11-13,25,27H,9-10,14H2,1H3,(H,29,30). The van der Waals surface area contributed by atoms with Crippen LogP contribution in [0.4, 0.5) is 5.69 Å². The number of carboxylic acid groups (broad SMARTS) is 1. The van der Waals surface area contributed by atoms with E-state index in [1.807, 2.05) is 0 Å². The average molecular weight is 483 g/mol. The Bertz CT molecular complexity index is 1390. The predicted octanol–water partition coefficient (Wildman–Crippen LogP) is 3.10. The molecule has 3 aromatic rings. The van der Waals surface area contributed by atoms with Crippen LogP contribution in [-0.4, -0.2) is 49.1 Å². The summed E-state index contributed by atoms with van der Waals surface area (Å²) in [5, 5.41) is 19.3. The first kappa shape index (κ1) is 23.1. The van der Waals surface area contributed by atoms with E-state index < -0.39 is 16.0 Å². The first-order valence-electron chi connectivity index (χ1n) is 10.3. The summed E-state index contributed by atoms with van der Waals surface area (Å²) in [5.74, 6) is -1.31. The molecule has 1 aliphatic heterocycles. The highest BCUT2D eigenvalue weighted by molar-refractivity contribution is 7.92. The number of ether oxygens (including phenoxy) is 1. The molecule has 0 bridgehead atoms. The van der Waals surface area contributed by atoms with Crippen LogP contribution in [0.1, 0.15) is 31.8 Å². The number of aromatic hydroxyl groups is 1. The Morgan fingerprint density at radius 2 is 1.82 bits per heavy atom. The maximum Gasteiger partial charge on any atom is 0.335 e. The molecule has 4 rings (SSSR count). The number of phenolic OH excluding ortho intramolecular Hbond substituents is 1. The number of anilines is 1. The Hall–Kier alpha value is -4.05. The van der Waals surface area contributed by atoms with Gasteiger partial charge in [-0.05, 0) is 60.0 Å². The van der Waals surface area contributed by atoms with Gasteiger partial charge in [0.2, 0.25) is 0 Å². The fourth-order valence-corrected chi connectivity index (χ4v) is 4.89. The molecule has 0 aromatic heterocycles. The number of methoxy groups -OCH3 is 1. The van der Waals surface area contributed by atoms with Gasteiger partial charge in [0, 0.05) is 24.8 Å². The van der Waals surface area contributed by atoms with Crippen molar-refractivity contribution in [3.63, 3.8) is 0 Å². The van der Waals surface area contributed by atoms with Gasteiger partial charge in [-0.3, -0.25) is 9.52 Å². The smallest absolute Gasteiger partial charge is 0.335 e. The van der Waals surface area contributed by atoms with Crippen LogP contribution < -0.4 is 9.46 Å². The molecule has 0 atom stereocenters. The molecule has 0 fully saturated rings. The van der Waals surface area contributed by atoms with Gasteiger partial charge in [-0.2, -0.15) is 0 Å². The Balaban J connectivity index is 1.55. The molecule has 1 aliphatic rings. The van der Waals surface area contributed by atoms with Crippen LogP contribution in [-0.2, 0) is 23.0 Å². The van der Waals surface area contributed by atoms with Crippen LogP contribution >= 0.6 is 0 Å². The maximum atomic E-state index is 13.0. The Kier molecular flexibility index (Phi) is 6.16. The highest BCUT2D eigenvalue weighted by Gasteiger charge is 2.25. The zero-order valence-electron chi connectivity index (χ0n) is 18.2. The number of phenols is 1. The van der Waals surface area contributed by atoms with Crippen molar-refractivity contribution in [1.29, 1.82) is 0 Å². The molecule has 1 amide bonds. The van der Waals surface area contributed by atoms with Crippen molar-refractivity contribution in [1.82, 2.24) is 4.90 Å². The molecule has 0 radical (unpaired) electrons. The van der Waals surface area contributed by atoms with Crippen molar-refractivity contribution in [3.8, 4) is 11.5 Å². The number of nitrogens with zero attached hydrogens (tertiary/aromatic N) is 1. The summed E-state index contributed by atoms with van der Waals surface area (Å²) in [7, 11) is -2.55. The van der Waals surface area contributed by atoms with Crippen molar-refractivity contribution in [3.05, 3.63) is 82.9 Å². The fraction of sp³-hybridized carbons (Fsp3) is 0.167. The lowest BCUT2D eigenvalue weighted by Crippen LogP contribution is -2.36. The van der Waals surface area contributed by atoms with E-state index in [1.165, 1.54) is 37.4 Å².